The molecule has 0 saturated heterocycles. The topological polar surface area (TPSA) is 48.1 Å². The Balaban J connectivity index is 1.95. The van der Waals surface area contributed by atoms with Crippen LogP contribution in [0.2, 0.25) is 0 Å². The van der Waals surface area contributed by atoms with Gasteiger partial charge in [0.25, 0.3) is 0 Å². The lowest BCUT2D eigenvalue weighted by molar-refractivity contribution is 0.0925. The number of pyridine rings is 1. The summed E-state index contributed by atoms with van der Waals surface area (Å²) in [7, 11) is 0. The van der Waals surface area contributed by atoms with Crippen molar-refractivity contribution in [2.45, 2.75) is 45.1 Å². The van der Waals surface area contributed by atoms with Crippen molar-refractivity contribution in [2.75, 3.05) is 5.73 Å². The molecule has 1 fully saturated rings. The number of ether oxygens (including phenoxy) is 1. The molecule has 0 radical (unpaired) electrons. The smallest absolute Gasteiger partial charge is 0.153 e. The maximum Gasteiger partial charge on any atom is 0.153 e. The molecule has 1 saturated carbocycles. The van der Waals surface area contributed by atoms with Crippen LogP contribution in [0.5, 0.6) is 5.75 Å². The van der Waals surface area contributed by atoms with E-state index < -0.39 is 0 Å². The molecule has 0 bridgehead atoms. The van der Waals surface area contributed by atoms with Gasteiger partial charge in [0.2, 0.25) is 0 Å². The van der Waals surface area contributed by atoms with Gasteiger partial charge in [0.05, 0.1) is 17.4 Å². The SMILES string of the molecule is CCC1CCCCC1Oc1c(N)cnc2ccccc12. The maximum atomic E-state index is 6.34. The number of fused-ring (bicyclic) bond motifs is 1. The maximum absolute atomic E-state index is 6.34. The van der Waals surface area contributed by atoms with E-state index in [4.69, 9.17) is 10.5 Å². The Kier molecular flexibility index (Phi) is 3.77. The third-order valence-electron chi connectivity index (χ3n) is 4.39. The lowest BCUT2D eigenvalue weighted by Crippen LogP contribution is -2.30. The number of nitrogens with two attached hydrogens (primary N) is 1. The second-order valence-corrected chi connectivity index (χ2v) is 5.67. The van der Waals surface area contributed by atoms with Gasteiger partial charge in [-0.2, -0.15) is 0 Å². The monoisotopic (exact) mass is 270 g/mol. The van der Waals surface area contributed by atoms with Gasteiger partial charge >= 0.3 is 0 Å². The van der Waals surface area contributed by atoms with Crippen molar-refractivity contribution < 1.29 is 4.74 Å². The molecule has 2 aromatic rings. The number of rotatable bonds is 3. The van der Waals surface area contributed by atoms with Gasteiger partial charge in [-0.25, -0.2) is 0 Å². The summed E-state index contributed by atoms with van der Waals surface area (Å²) in [5.74, 6) is 1.47. The third kappa shape index (κ3) is 2.45. The number of benzene rings is 1. The highest BCUT2D eigenvalue weighted by Gasteiger charge is 2.26. The van der Waals surface area contributed by atoms with Gasteiger partial charge < -0.3 is 10.5 Å². The Morgan fingerprint density at radius 2 is 2.05 bits per heavy atom. The molecule has 1 aliphatic carbocycles. The second-order valence-electron chi connectivity index (χ2n) is 5.67. The van der Waals surface area contributed by atoms with Gasteiger partial charge in [-0.05, 0) is 43.7 Å². The molecule has 3 nitrogen and oxygen atoms in total. The van der Waals surface area contributed by atoms with Crippen LogP contribution >= 0.6 is 0 Å². The van der Waals surface area contributed by atoms with Crippen LogP contribution in [0.4, 0.5) is 5.69 Å². The van der Waals surface area contributed by atoms with Gasteiger partial charge in [0, 0.05) is 5.39 Å². The van der Waals surface area contributed by atoms with E-state index in [1.165, 1.54) is 25.7 Å². The van der Waals surface area contributed by atoms with Crippen LogP contribution in [0.1, 0.15) is 39.0 Å². The summed E-state index contributed by atoms with van der Waals surface area (Å²) in [5.41, 5.74) is 7.69. The van der Waals surface area contributed by atoms with E-state index in [0.29, 0.717) is 17.7 Å². The first-order valence-corrected chi connectivity index (χ1v) is 7.59. The number of para-hydroxylation sites is 1. The molecule has 20 heavy (non-hydrogen) atoms. The minimum absolute atomic E-state index is 0.293. The van der Waals surface area contributed by atoms with Crippen LogP contribution in [0.15, 0.2) is 30.5 Å². The Hall–Kier alpha value is -1.77. The van der Waals surface area contributed by atoms with Crippen LogP contribution in [0.25, 0.3) is 10.9 Å². The largest absolute Gasteiger partial charge is 0.487 e. The molecule has 2 N–H and O–H groups in total. The van der Waals surface area contributed by atoms with Crippen LogP contribution in [0, 0.1) is 5.92 Å². The first-order chi connectivity index (χ1) is 9.79. The molecule has 3 heteroatoms. The number of anilines is 1. The highest BCUT2D eigenvalue weighted by molar-refractivity contribution is 5.89. The highest BCUT2D eigenvalue weighted by Crippen LogP contribution is 2.36. The van der Waals surface area contributed by atoms with E-state index >= 15 is 0 Å². The first-order valence-electron chi connectivity index (χ1n) is 7.59. The van der Waals surface area contributed by atoms with Crippen LogP contribution in [-0.4, -0.2) is 11.1 Å². The van der Waals surface area contributed by atoms with Crippen molar-refractivity contribution in [3.8, 4) is 5.75 Å². The Labute approximate surface area is 120 Å². The van der Waals surface area contributed by atoms with Crippen molar-refractivity contribution in [2.24, 2.45) is 5.92 Å². The number of nitrogen functional groups attached to an aromatic ring is 1. The van der Waals surface area contributed by atoms with Crippen molar-refractivity contribution in [1.82, 2.24) is 4.98 Å². The standard InChI is InChI=1S/C17H22N2O/c1-2-12-7-3-6-10-16(12)20-17-13-8-4-5-9-15(13)19-11-14(17)18/h4-5,8-9,11-12,16H,2-3,6-7,10,18H2,1H3. The molecule has 1 aromatic carbocycles. The predicted molar refractivity (Wildman–Crippen MR) is 82.8 cm³/mol. The van der Waals surface area contributed by atoms with Crippen LogP contribution < -0.4 is 10.5 Å². The summed E-state index contributed by atoms with van der Waals surface area (Å²) in [6.45, 7) is 2.25. The molecular formula is C17H22N2O. The van der Waals surface area contributed by atoms with Crippen LogP contribution in [0.3, 0.4) is 0 Å². The fourth-order valence-electron chi connectivity index (χ4n) is 3.21. The molecule has 2 atom stereocenters. The van der Waals surface area contributed by atoms with Gasteiger partial charge in [0.15, 0.2) is 5.75 Å². The van der Waals surface area contributed by atoms with Gasteiger partial charge in [-0.1, -0.05) is 25.5 Å². The Bertz CT molecular complexity index is 597. The van der Waals surface area contributed by atoms with Crippen molar-refractivity contribution in [3.63, 3.8) is 0 Å². The average molecular weight is 270 g/mol. The fraction of sp³-hybridized carbons (Fsp3) is 0.471. The lowest BCUT2D eigenvalue weighted by atomic mass is 9.84. The van der Waals surface area contributed by atoms with E-state index in [2.05, 4.69) is 11.9 Å². The van der Waals surface area contributed by atoms with Gasteiger partial charge in [-0.3, -0.25) is 4.98 Å². The van der Waals surface area contributed by atoms with Crippen molar-refractivity contribution >= 4 is 16.6 Å². The summed E-state index contributed by atoms with van der Waals surface area (Å²) < 4.78 is 6.34. The van der Waals surface area contributed by atoms with Crippen molar-refractivity contribution in [1.29, 1.82) is 0 Å². The minimum Gasteiger partial charge on any atom is -0.487 e. The summed E-state index contributed by atoms with van der Waals surface area (Å²) >= 11 is 0. The van der Waals surface area contributed by atoms with E-state index in [1.807, 2.05) is 24.3 Å². The molecule has 1 aromatic heterocycles. The number of nitrogens with zero attached hydrogens (tertiary/aromatic N) is 1. The van der Waals surface area contributed by atoms with Gasteiger partial charge in [-0.15, -0.1) is 0 Å². The fourth-order valence-corrected chi connectivity index (χ4v) is 3.21. The zero-order valence-corrected chi connectivity index (χ0v) is 12.0. The normalized spacial score (nSPS) is 22.9. The Morgan fingerprint density at radius 3 is 2.90 bits per heavy atom. The summed E-state index contributed by atoms with van der Waals surface area (Å²) in [6, 6.07) is 8.04. The van der Waals surface area contributed by atoms with E-state index in [9.17, 15) is 0 Å². The van der Waals surface area contributed by atoms with E-state index in [-0.39, 0.29) is 0 Å². The van der Waals surface area contributed by atoms with E-state index in [0.717, 1.165) is 23.1 Å². The molecule has 0 spiro atoms. The number of hydrogen-bond donors (Lipinski definition) is 1. The molecule has 3 rings (SSSR count). The van der Waals surface area contributed by atoms with E-state index in [1.54, 1.807) is 6.20 Å². The summed E-state index contributed by atoms with van der Waals surface area (Å²) in [6.07, 6.45) is 8.16. The minimum atomic E-state index is 0.293. The molecular weight excluding hydrogens is 248 g/mol. The average Bonchev–Trinajstić information content (AvgIpc) is 2.50. The second kappa shape index (κ2) is 5.70. The predicted octanol–water partition coefficient (Wildman–Crippen LogP) is 4.16. The molecule has 2 unspecified atom stereocenters. The zero-order chi connectivity index (χ0) is 13.9. The molecule has 106 valence electrons. The number of aromatic nitrogens is 1. The van der Waals surface area contributed by atoms with Crippen LogP contribution in [-0.2, 0) is 0 Å². The van der Waals surface area contributed by atoms with Gasteiger partial charge in [0.1, 0.15) is 6.10 Å². The molecule has 1 aliphatic rings. The lowest BCUT2D eigenvalue weighted by Gasteiger charge is -2.31. The highest BCUT2D eigenvalue weighted by atomic mass is 16.5. The Morgan fingerprint density at radius 1 is 1.25 bits per heavy atom. The molecule has 0 aliphatic heterocycles. The summed E-state index contributed by atoms with van der Waals surface area (Å²) in [4.78, 5) is 4.37. The number of hydrogen-bond acceptors (Lipinski definition) is 3. The third-order valence-corrected chi connectivity index (χ3v) is 4.39. The molecule has 0 amide bonds. The first kappa shape index (κ1) is 13.2. The van der Waals surface area contributed by atoms with Crippen molar-refractivity contribution in [3.05, 3.63) is 30.5 Å². The quantitative estimate of drug-likeness (QED) is 0.910. The molecule has 1 heterocycles. The zero-order valence-electron chi connectivity index (χ0n) is 12.0. The summed E-state index contributed by atoms with van der Waals surface area (Å²) in [5, 5.41) is 1.02.